The molecule has 0 radical (unpaired) electrons. The summed E-state index contributed by atoms with van der Waals surface area (Å²) in [6, 6.07) is 8.75. The number of nitrogens with zero attached hydrogens (tertiary/aromatic N) is 1. The Morgan fingerprint density at radius 3 is 2.15 bits per heavy atom. The van der Waals surface area contributed by atoms with E-state index in [0.717, 1.165) is 22.3 Å². The number of pyridine rings is 1. The average Bonchev–Trinajstić information content (AvgIpc) is 2.84. The Hall–Kier alpha value is -3.94. The minimum absolute atomic E-state index is 0.0699. The third-order valence-corrected chi connectivity index (χ3v) is 5.27. The zero-order chi connectivity index (χ0) is 24.0. The Labute approximate surface area is 192 Å². The van der Waals surface area contributed by atoms with Crippen LogP contribution in [0.15, 0.2) is 42.7 Å². The summed E-state index contributed by atoms with van der Waals surface area (Å²) in [5.74, 6) is 1.08. The van der Waals surface area contributed by atoms with E-state index in [1.807, 2.05) is 19.1 Å². The standard InChI is InChI=1S/C25H27NO7/c1-15-18(22(30-3)24(32-5)23(31-4)21(15)29-2)11-16-8-9-20(19(12-16)25(27)28)33-14-17-7-6-10-26-13-17/h6-10,12-13H,11,14H2,1-5H3,(H,27,28). The van der Waals surface area contributed by atoms with Crippen LogP contribution in [-0.4, -0.2) is 44.5 Å². The van der Waals surface area contributed by atoms with E-state index < -0.39 is 5.97 Å². The second-order valence-electron chi connectivity index (χ2n) is 7.20. The topological polar surface area (TPSA) is 96.3 Å². The molecule has 8 nitrogen and oxygen atoms in total. The van der Waals surface area contributed by atoms with Crippen molar-refractivity contribution in [1.82, 2.24) is 4.98 Å². The molecule has 0 aliphatic rings. The average molecular weight is 453 g/mol. The van der Waals surface area contributed by atoms with Gasteiger partial charge >= 0.3 is 5.97 Å². The van der Waals surface area contributed by atoms with Crippen molar-refractivity contribution in [3.63, 3.8) is 0 Å². The van der Waals surface area contributed by atoms with E-state index >= 15 is 0 Å². The van der Waals surface area contributed by atoms with Crippen LogP contribution in [0, 0.1) is 6.92 Å². The van der Waals surface area contributed by atoms with Crippen LogP contribution < -0.4 is 23.7 Å². The lowest BCUT2D eigenvalue weighted by Crippen LogP contribution is -2.07. The number of aromatic carboxylic acids is 1. The molecule has 0 atom stereocenters. The van der Waals surface area contributed by atoms with E-state index in [1.54, 1.807) is 44.8 Å². The van der Waals surface area contributed by atoms with Crippen LogP contribution in [0.4, 0.5) is 0 Å². The number of hydrogen-bond acceptors (Lipinski definition) is 7. The molecule has 0 fully saturated rings. The summed E-state index contributed by atoms with van der Waals surface area (Å²) < 4.78 is 28.0. The molecule has 1 aromatic heterocycles. The highest BCUT2D eigenvalue weighted by Crippen LogP contribution is 2.49. The molecule has 2 aromatic carbocycles. The molecule has 0 amide bonds. The molecule has 3 rings (SSSR count). The van der Waals surface area contributed by atoms with E-state index in [9.17, 15) is 9.90 Å². The number of ether oxygens (including phenoxy) is 5. The summed E-state index contributed by atoms with van der Waals surface area (Å²) in [5.41, 5.74) is 3.28. The lowest BCUT2D eigenvalue weighted by Gasteiger charge is -2.22. The largest absolute Gasteiger partial charge is 0.492 e. The number of carbonyl (C=O) groups is 1. The molecule has 0 spiro atoms. The van der Waals surface area contributed by atoms with Crippen molar-refractivity contribution >= 4 is 5.97 Å². The van der Waals surface area contributed by atoms with Gasteiger partial charge in [-0.05, 0) is 30.7 Å². The molecule has 33 heavy (non-hydrogen) atoms. The first-order valence-electron chi connectivity index (χ1n) is 10.2. The Morgan fingerprint density at radius 2 is 1.58 bits per heavy atom. The summed E-state index contributed by atoms with van der Waals surface area (Å²) in [6.45, 7) is 2.11. The van der Waals surface area contributed by atoms with Crippen LogP contribution in [0.25, 0.3) is 0 Å². The van der Waals surface area contributed by atoms with Gasteiger partial charge in [-0.25, -0.2) is 4.79 Å². The van der Waals surface area contributed by atoms with Gasteiger partial charge in [0.25, 0.3) is 0 Å². The predicted molar refractivity (Wildman–Crippen MR) is 122 cm³/mol. The molecule has 0 bridgehead atoms. The Balaban J connectivity index is 1.99. The van der Waals surface area contributed by atoms with Gasteiger partial charge in [-0.1, -0.05) is 12.1 Å². The quantitative estimate of drug-likeness (QED) is 0.486. The maximum absolute atomic E-state index is 11.9. The van der Waals surface area contributed by atoms with E-state index in [0.29, 0.717) is 29.4 Å². The van der Waals surface area contributed by atoms with Gasteiger partial charge in [0.1, 0.15) is 17.9 Å². The van der Waals surface area contributed by atoms with Crippen LogP contribution in [0.1, 0.15) is 32.6 Å². The summed E-state index contributed by atoms with van der Waals surface area (Å²) in [6.07, 6.45) is 3.73. The molecule has 8 heteroatoms. The van der Waals surface area contributed by atoms with Gasteiger partial charge in [-0.3, -0.25) is 4.98 Å². The lowest BCUT2D eigenvalue weighted by molar-refractivity contribution is 0.0691. The Kier molecular flexibility index (Phi) is 7.61. The summed E-state index contributed by atoms with van der Waals surface area (Å²) >= 11 is 0. The third kappa shape index (κ3) is 4.95. The fourth-order valence-electron chi connectivity index (χ4n) is 3.70. The number of methoxy groups -OCH3 is 4. The van der Waals surface area contributed by atoms with Crippen molar-refractivity contribution < 1.29 is 33.6 Å². The van der Waals surface area contributed by atoms with E-state index in [1.165, 1.54) is 14.2 Å². The molecule has 0 saturated carbocycles. The van der Waals surface area contributed by atoms with Crippen molar-refractivity contribution in [1.29, 1.82) is 0 Å². The zero-order valence-electron chi connectivity index (χ0n) is 19.3. The smallest absolute Gasteiger partial charge is 0.339 e. The maximum atomic E-state index is 11.9. The first kappa shape index (κ1) is 23.7. The first-order valence-corrected chi connectivity index (χ1v) is 10.2. The summed E-state index contributed by atoms with van der Waals surface area (Å²) in [4.78, 5) is 16.0. The van der Waals surface area contributed by atoms with E-state index in [4.69, 9.17) is 23.7 Å². The number of hydrogen-bond donors (Lipinski definition) is 1. The fourth-order valence-corrected chi connectivity index (χ4v) is 3.70. The van der Waals surface area contributed by atoms with Crippen LogP contribution in [0.3, 0.4) is 0 Å². The SMILES string of the molecule is COc1c(C)c(Cc2ccc(OCc3cccnc3)c(C(=O)O)c2)c(OC)c(OC)c1OC. The van der Waals surface area contributed by atoms with Crippen LogP contribution >= 0.6 is 0 Å². The first-order chi connectivity index (χ1) is 15.9. The van der Waals surface area contributed by atoms with Gasteiger partial charge in [0.2, 0.25) is 11.5 Å². The molecule has 0 aliphatic heterocycles. The van der Waals surface area contributed by atoms with Crippen molar-refractivity contribution in [2.45, 2.75) is 20.0 Å². The predicted octanol–water partition coefficient (Wildman–Crippen LogP) is 4.29. The second-order valence-corrected chi connectivity index (χ2v) is 7.20. The van der Waals surface area contributed by atoms with Crippen molar-refractivity contribution in [3.05, 3.63) is 70.5 Å². The molecular formula is C25H27NO7. The molecule has 1 N–H and O–H groups in total. The van der Waals surface area contributed by atoms with Gasteiger partial charge in [-0.15, -0.1) is 0 Å². The highest BCUT2D eigenvalue weighted by molar-refractivity contribution is 5.91. The van der Waals surface area contributed by atoms with Gasteiger partial charge in [-0.2, -0.15) is 0 Å². The van der Waals surface area contributed by atoms with E-state index in [2.05, 4.69) is 4.98 Å². The highest BCUT2D eigenvalue weighted by Gasteiger charge is 2.25. The maximum Gasteiger partial charge on any atom is 0.339 e. The van der Waals surface area contributed by atoms with Gasteiger partial charge in [0, 0.05) is 35.5 Å². The van der Waals surface area contributed by atoms with Crippen molar-refractivity contribution in [2.75, 3.05) is 28.4 Å². The van der Waals surface area contributed by atoms with Crippen molar-refractivity contribution in [2.24, 2.45) is 0 Å². The number of carboxylic acid groups (broad SMARTS) is 1. The van der Waals surface area contributed by atoms with Crippen LogP contribution in [-0.2, 0) is 13.0 Å². The van der Waals surface area contributed by atoms with Gasteiger partial charge in [0.15, 0.2) is 11.5 Å². The number of rotatable bonds is 10. The van der Waals surface area contributed by atoms with Crippen molar-refractivity contribution in [3.8, 4) is 28.7 Å². The normalized spacial score (nSPS) is 10.5. The van der Waals surface area contributed by atoms with Crippen LogP contribution in [0.5, 0.6) is 28.7 Å². The molecule has 0 aliphatic carbocycles. The van der Waals surface area contributed by atoms with Gasteiger partial charge in [0.05, 0.1) is 28.4 Å². The monoisotopic (exact) mass is 453 g/mol. The Morgan fingerprint density at radius 1 is 0.909 bits per heavy atom. The molecule has 1 heterocycles. The van der Waals surface area contributed by atoms with Crippen LogP contribution in [0.2, 0.25) is 0 Å². The summed E-state index contributed by atoms with van der Waals surface area (Å²) in [5, 5.41) is 9.77. The Bertz CT molecular complexity index is 1130. The zero-order valence-corrected chi connectivity index (χ0v) is 19.3. The fraction of sp³-hybridized carbons (Fsp3) is 0.280. The third-order valence-electron chi connectivity index (χ3n) is 5.27. The minimum atomic E-state index is -1.08. The van der Waals surface area contributed by atoms with E-state index in [-0.39, 0.29) is 17.9 Å². The minimum Gasteiger partial charge on any atom is -0.492 e. The lowest BCUT2D eigenvalue weighted by atomic mass is 9.96. The second kappa shape index (κ2) is 10.6. The molecule has 0 saturated heterocycles. The summed E-state index contributed by atoms with van der Waals surface area (Å²) in [7, 11) is 6.15. The molecule has 0 unspecified atom stereocenters. The molecule has 3 aromatic rings. The number of aromatic nitrogens is 1. The number of benzene rings is 2. The highest BCUT2D eigenvalue weighted by atomic mass is 16.5. The molecular weight excluding hydrogens is 426 g/mol. The van der Waals surface area contributed by atoms with Gasteiger partial charge < -0.3 is 28.8 Å². The molecule has 174 valence electrons. The number of carboxylic acids is 1.